The number of likely N-dealkylation sites (tertiary alicyclic amines) is 1. The Hall–Kier alpha value is -0.0400. The number of nitrogens with zero attached hydrogens (tertiary/aromatic N) is 1. The largest absolute Gasteiger partial charge is 0.303 e. The maximum absolute atomic E-state index is 2.57. The molecule has 0 atom stereocenters. The smallest absolute Gasteiger partial charge is 0.00183 e. The second-order valence-electron chi connectivity index (χ2n) is 3.61. The fraction of sp³-hybridized carbons (Fsp3) is 1.00. The molecule has 0 radical (unpaired) electrons. The highest BCUT2D eigenvalue weighted by Crippen LogP contribution is 2.07. The number of unbranched alkanes of at least 4 members (excludes halogenated alkanes) is 1. The van der Waals surface area contributed by atoms with Crippen LogP contribution < -0.4 is 0 Å². The SMILES string of the molecule is CCC.CCCCN1CCCC1. The van der Waals surface area contributed by atoms with E-state index >= 15 is 0 Å². The van der Waals surface area contributed by atoms with E-state index in [-0.39, 0.29) is 0 Å². The van der Waals surface area contributed by atoms with E-state index in [0.717, 1.165) is 0 Å². The van der Waals surface area contributed by atoms with Crippen LogP contribution in [-0.2, 0) is 0 Å². The second kappa shape index (κ2) is 9.05. The zero-order valence-electron chi connectivity index (χ0n) is 9.10. The van der Waals surface area contributed by atoms with Crippen molar-refractivity contribution in [1.82, 2.24) is 4.90 Å². The van der Waals surface area contributed by atoms with Crippen LogP contribution in [0.25, 0.3) is 0 Å². The van der Waals surface area contributed by atoms with Crippen LogP contribution in [0.2, 0.25) is 0 Å². The lowest BCUT2D eigenvalue weighted by Crippen LogP contribution is -2.19. The Morgan fingerprint density at radius 1 is 1.00 bits per heavy atom. The number of hydrogen-bond acceptors (Lipinski definition) is 1. The molecular weight excluding hydrogens is 146 g/mol. The standard InChI is InChI=1S/C8H17N.C3H8/c1-2-3-6-9-7-4-5-8-9;1-3-2/h2-8H2,1H3;3H2,1-2H3. The van der Waals surface area contributed by atoms with Gasteiger partial charge in [-0.2, -0.15) is 0 Å². The third kappa shape index (κ3) is 6.66. The fourth-order valence-corrected chi connectivity index (χ4v) is 1.39. The van der Waals surface area contributed by atoms with Gasteiger partial charge in [-0.25, -0.2) is 0 Å². The lowest BCUT2D eigenvalue weighted by molar-refractivity contribution is 0.332. The van der Waals surface area contributed by atoms with Crippen molar-refractivity contribution in [2.45, 2.75) is 52.9 Å². The molecule has 1 nitrogen and oxygen atoms in total. The van der Waals surface area contributed by atoms with Crippen LogP contribution in [0, 0.1) is 0 Å². The van der Waals surface area contributed by atoms with E-state index in [1.54, 1.807) is 0 Å². The van der Waals surface area contributed by atoms with Gasteiger partial charge in [-0.15, -0.1) is 0 Å². The summed E-state index contributed by atoms with van der Waals surface area (Å²) in [4.78, 5) is 2.57. The van der Waals surface area contributed by atoms with Crippen LogP contribution in [-0.4, -0.2) is 24.5 Å². The normalized spacial score (nSPS) is 17.2. The minimum absolute atomic E-state index is 1.25. The summed E-state index contributed by atoms with van der Waals surface area (Å²) in [5.74, 6) is 0. The van der Waals surface area contributed by atoms with E-state index in [1.807, 2.05) is 0 Å². The van der Waals surface area contributed by atoms with E-state index in [2.05, 4.69) is 25.7 Å². The average molecular weight is 171 g/mol. The van der Waals surface area contributed by atoms with Gasteiger partial charge in [-0.3, -0.25) is 0 Å². The number of hydrogen-bond donors (Lipinski definition) is 0. The molecule has 0 bridgehead atoms. The van der Waals surface area contributed by atoms with Gasteiger partial charge in [0.25, 0.3) is 0 Å². The summed E-state index contributed by atoms with van der Waals surface area (Å²) in [6, 6.07) is 0. The van der Waals surface area contributed by atoms with E-state index < -0.39 is 0 Å². The van der Waals surface area contributed by atoms with E-state index in [4.69, 9.17) is 0 Å². The van der Waals surface area contributed by atoms with Crippen LogP contribution in [0.3, 0.4) is 0 Å². The van der Waals surface area contributed by atoms with E-state index in [1.165, 1.54) is 51.7 Å². The van der Waals surface area contributed by atoms with Crippen LogP contribution >= 0.6 is 0 Å². The summed E-state index contributed by atoms with van der Waals surface area (Å²) >= 11 is 0. The summed E-state index contributed by atoms with van der Waals surface area (Å²) in [6.07, 6.45) is 6.85. The van der Waals surface area contributed by atoms with Crippen LogP contribution in [0.1, 0.15) is 52.9 Å². The molecule has 1 heteroatoms. The third-order valence-corrected chi connectivity index (χ3v) is 2.03. The van der Waals surface area contributed by atoms with Crippen molar-refractivity contribution >= 4 is 0 Å². The highest BCUT2D eigenvalue weighted by molar-refractivity contribution is 4.64. The molecule has 0 saturated carbocycles. The molecule has 12 heavy (non-hydrogen) atoms. The molecule has 0 aromatic carbocycles. The first-order chi connectivity index (χ1) is 5.85. The van der Waals surface area contributed by atoms with E-state index in [0.29, 0.717) is 0 Å². The van der Waals surface area contributed by atoms with Crippen molar-refractivity contribution in [2.24, 2.45) is 0 Å². The molecule has 0 spiro atoms. The third-order valence-electron chi connectivity index (χ3n) is 2.03. The minimum Gasteiger partial charge on any atom is -0.303 e. The van der Waals surface area contributed by atoms with Crippen LogP contribution in [0.15, 0.2) is 0 Å². The van der Waals surface area contributed by atoms with Gasteiger partial charge in [0.1, 0.15) is 0 Å². The Morgan fingerprint density at radius 2 is 1.50 bits per heavy atom. The lowest BCUT2D eigenvalue weighted by Gasteiger charge is -2.12. The van der Waals surface area contributed by atoms with Gasteiger partial charge in [0.2, 0.25) is 0 Å². The first-order valence-corrected chi connectivity index (χ1v) is 5.57. The van der Waals surface area contributed by atoms with Crippen molar-refractivity contribution in [2.75, 3.05) is 19.6 Å². The maximum atomic E-state index is 2.57. The molecule has 0 amide bonds. The molecule has 1 rings (SSSR count). The monoisotopic (exact) mass is 171 g/mol. The van der Waals surface area contributed by atoms with Gasteiger partial charge >= 0.3 is 0 Å². The van der Waals surface area contributed by atoms with Crippen LogP contribution in [0.4, 0.5) is 0 Å². The molecular formula is C11H25N. The summed E-state index contributed by atoms with van der Waals surface area (Å²) in [6.45, 7) is 10.6. The summed E-state index contributed by atoms with van der Waals surface area (Å²) < 4.78 is 0. The average Bonchev–Trinajstić information content (AvgIpc) is 2.54. The molecule has 0 N–H and O–H groups in total. The molecule has 1 aliphatic rings. The zero-order valence-corrected chi connectivity index (χ0v) is 9.10. The minimum atomic E-state index is 1.25. The lowest BCUT2D eigenvalue weighted by atomic mass is 10.3. The van der Waals surface area contributed by atoms with Gasteiger partial charge in [0.05, 0.1) is 0 Å². The van der Waals surface area contributed by atoms with Crippen LogP contribution in [0.5, 0.6) is 0 Å². The van der Waals surface area contributed by atoms with Gasteiger partial charge in [-0.05, 0) is 38.9 Å². The Morgan fingerprint density at radius 3 is 1.92 bits per heavy atom. The van der Waals surface area contributed by atoms with Gasteiger partial charge in [0, 0.05) is 0 Å². The zero-order chi connectivity index (χ0) is 9.23. The quantitative estimate of drug-likeness (QED) is 0.630. The fourth-order valence-electron chi connectivity index (χ4n) is 1.39. The van der Waals surface area contributed by atoms with Crippen molar-refractivity contribution in [3.63, 3.8) is 0 Å². The van der Waals surface area contributed by atoms with Crippen molar-refractivity contribution in [1.29, 1.82) is 0 Å². The van der Waals surface area contributed by atoms with Crippen molar-refractivity contribution in [3.05, 3.63) is 0 Å². The Balaban J connectivity index is 0.000000354. The Bertz CT molecular complexity index is 75.1. The first-order valence-electron chi connectivity index (χ1n) is 5.57. The molecule has 0 aromatic heterocycles. The molecule has 0 aromatic rings. The highest BCUT2D eigenvalue weighted by atomic mass is 15.1. The first kappa shape index (κ1) is 12.0. The molecule has 74 valence electrons. The summed E-state index contributed by atoms with van der Waals surface area (Å²) in [5.41, 5.74) is 0. The highest BCUT2D eigenvalue weighted by Gasteiger charge is 2.08. The predicted octanol–water partition coefficient (Wildman–Crippen LogP) is 3.30. The molecule has 1 aliphatic heterocycles. The summed E-state index contributed by atoms with van der Waals surface area (Å²) in [5, 5.41) is 0. The Kier molecular flexibility index (Phi) is 9.02. The van der Waals surface area contributed by atoms with Crippen molar-refractivity contribution in [3.8, 4) is 0 Å². The number of rotatable bonds is 3. The van der Waals surface area contributed by atoms with Gasteiger partial charge in [0.15, 0.2) is 0 Å². The summed E-state index contributed by atoms with van der Waals surface area (Å²) in [7, 11) is 0. The Labute approximate surface area is 78.1 Å². The van der Waals surface area contributed by atoms with Crippen molar-refractivity contribution < 1.29 is 0 Å². The molecule has 1 saturated heterocycles. The molecule has 0 aliphatic carbocycles. The topological polar surface area (TPSA) is 3.24 Å². The van der Waals surface area contributed by atoms with Gasteiger partial charge < -0.3 is 4.90 Å². The van der Waals surface area contributed by atoms with Gasteiger partial charge in [-0.1, -0.05) is 33.6 Å². The predicted molar refractivity (Wildman–Crippen MR) is 56.5 cm³/mol. The second-order valence-corrected chi connectivity index (χ2v) is 3.61. The van der Waals surface area contributed by atoms with E-state index in [9.17, 15) is 0 Å². The molecule has 1 fully saturated rings. The maximum Gasteiger partial charge on any atom is -0.00183 e. The molecule has 1 heterocycles. The molecule has 0 unspecified atom stereocenters.